The number of carbonyl (C=O) groups is 1. The summed E-state index contributed by atoms with van der Waals surface area (Å²) in [5.41, 5.74) is 0. The van der Waals surface area contributed by atoms with Crippen LogP contribution in [0.3, 0.4) is 0 Å². The number of thioether (sulfide) groups is 1. The van der Waals surface area contributed by atoms with Crippen LogP contribution in [0.1, 0.15) is 15.3 Å². The fourth-order valence-corrected chi connectivity index (χ4v) is 3.40. The maximum Gasteiger partial charge on any atom is 0.321 e. The lowest BCUT2D eigenvalue weighted by Crippen LogP contribution is -2.33. The number of nitrogens with zero attached hydrogens (tertiary/aromatic N) is 1. The Kier molecular flexibility index (Phi) is 2.76. The van der Waals surface area contributed by atoms with Crippen molar-refractivity contribution in [3.8, 4) is 0 Å². The second kappa shape index (κ2) is 3.88. The van der Waals surface area contributed by atoms with E-state index in [9.17, 15) is 4.79 Å². The van der Waals surface area contributed by atoms with E-state index in [0.29, 0.717) is 5.75 Å². The van der Waals surface area contributed by atoms with Crippen molar-refractivity contribution in [2.24, 2.45) is 0 Å². The first-order valence-electron chi connectivity index (χ1n) is 4.19. The van der Waals surface area contributed by atoms with Gasteiger partial charge >= 0.3 is 5.97 Å². The average molecular weight is 230 g/mol. The monoisotopic (exact) mass is 230 g/mol. The summed E-state index contributed by atoms with van der Waals surface area (Å²) in [6, 6.07) is -0.436. The minimum Gasteiger partial charge on any atom is -0.480 e. The van der Waals surface area contributed by atoms with Crippen LogP contribution in [0, 0.1) is 6.92 Å². The molecule has 2 atom stereocenters. The van der Waals surface area contributed by atoms with Gasteiger partial charge in [-0.3, -0.25) is 10.1 Å². The lowest BCUT2D eigenvalue weighted by molar-refractivity contribution is -0.138. The van der Waals surface area contributed by atoms with Crippen molar-refractivity contribution in [2.75, 3.05) is 5.75 Å². The van der Waals surface area contributed by atoms with Gasteiger partial charge in [-0.25, -0.2) is 4.98 Å². The van der Waals surface area contributed by atoms with Crippen LogP contribution in [-0.4, -0.2) is 27.9 Å². The molecule has 0 radical (unpaired) electrons. The van der Waals surface area contributed by atoms with E-state index in [4.69, 9.17) is 5.11 Å². The molecule has 76 valence electrons. The fraction of sp³-hybridized carbons (Fsp3) is 0.500. The Hall–Kier alpha value is -0.590. The van der Waals surface area contributed by atoms with Crippen molar-refractivity contribution >= 4 is 29.1 Å². The molecule has 0 amide bonds. The van der Waals surface area contributed by atoms with Crippen LogP contribution in [-0.2, 0) is 4.79 Å². The van der Waals surface area contributed by atoms with Crippen molar-refractivity contribution in [1.82, 2.24) is 10.3 Å². The number of nitrogens with one attached hydrogen (secondary N) is 1. The molecule has 0 saturated carbocycles. The van der Waals surface area contributed by atoms with Crippen molar-refractivity contribution < 1.29 is 9.90 Å². The maximum atomic E-state index is 10.7. The van der Waals surface area contributed by atoms with Gasteiger partial charge in [-0.05, 0) is 6.92 Å². The molecule has 0 aliphatic carbocycles. The SMILES string of the molecule is Cc1cnc(C2NC(C(=O)O)CS2)s1. The van der Waals surface area contributed by atoms with Crippen molar-refractivity contribution in [1.29, 1.82) is 0 Å². The lowest BCUT2D eigenvalue weighted by Gasteiger charge is -2.06. The minimum absolute atomic E-state index is 0.0507. The Morgan fingerprint density at radius 1 is 1.79 bits per heavy atom. The molecule has 0 bridgehead atoms. The highest BCUT2D eigenvalue weighted by molar-refractivity contribution is 7.99. The van der Waals surface area contributed by atoms with Crippen LogP contribution in [0.15, 0.2) is 6.20 Å². The number of hydrogen-bond acceptors (Lipinski definition) is 5. The summed E-state index contributed by atoms with van der Waals surface area (Å²) in [6.45, 7) is 2.00. The molecule has 1 saturated heterocycles. The van der Waals surface area contributed by atoms with Crippen LogP contribution in [0.4, 0.5) is 0 Å². The van der Waals surface area contributed by atoms with Gasteiger partial charge in [-0.2, -0.15) is 0 Å². The van der Waals surface area contributed by atoms with Gasteiger partial charge in [-0.15, -0.1) is 23.1 Å². The van der Waals surface area contributed by atoms with Gasteiger partial charge in [-0.1, -0.05) is 0 Å². The number of aryl methyl sites for hydroxylation is 1. The Labute approximate surface area is 89.7 Å². The number of carboxylic acid groups (broad SMARTS) is 1. The van der Waals surface area contributed by atoms with E-state index >= 15 is 0 Å². The molecule has 14 heavy (non-hydrogen) atoms. The predicted octanol–water partition coefficient (Wildman–Crippen LogP) is 1.24. The highest BCUT2D eigenvalue weighted by Gasteiger charge is 2.31. The van der Waals surface area contributed by atoms with Gasteiger partial charge in [0.1, 0.15) is 16.4 Å². The van der Waals surface area contributed by atoms with E-state index in [2.05, 4.69) is 10.3 Å². The Bertz CT molecular complexity index is 353. The summed E-state index contributed by atoms with van der Waals surface area (Å²) < 4.78 is 0. The van der Waals surface area contributed by atoms with E-state index in [1.807, 2.05) is 13.1 Å². The van der Waals surface area contributed by atoms with Crippen LogP contribution < -0.4 is 5.32 Å². The van der Waals surface area contributed by atoms with Crippen LogP contribution in [0.25, 0.3) is 0 Å². The van der Waals surface area contributed by atoms with Crippen molar-refractivity contribution in [3.05, 3.63) is 16.1 Å². The van der Waals surface area contributed by atoms with E-state index < -0.39 is 12.0 Å². The number of rotatable bonds is 2. The lowest BCUT2D eigenvalue weighted by atomic mass is 10.3. The van der Waals surface area contributed by atoms with Gasteiger partial charge in [0, 0.05) is 16.8 Å². The zero-order chi connectivity index (χ0) is 10.1. The second-order valence-corrected chi connectivity index (χ2v) is 5.48. The Balaban J connectivity index is 2.05. The highest BCUT2D eigenvalue weighted by atomic mass is 32.2. The van der Waals surface area contributed by atoms with Crippen molar-refractivity contribution in [3.63, 3.8) is 0 Å². The Morgan fingerprint density at radius 2 is 2.57 bits per heavy atom. The zero-order valence-corrected chi connectivity index (χ0v) is 9.19. The van der Waals surface area contributed by atoms with Gasteiger partial charge in [0.05, 0.1) is 0 Å². The molecule has 1 aromatic rings. The van der Waals surface area contributed by atoms with Gasteiger partial charge in [0.2, 0.25) is 0 Å². The summed E-state index contributed by atoms with van der Waals surface area (Å²) in [4.78, 5) is 16.1. The van der Waals surface area contributed by atoms with Gasteiger partial charge < -0.3 is 5.11 Å². The third kappa shape index (κ3) is 1.92. The van der Waals surface area contributed by atoms with Gasteiger partial charge in [0.15, 0.2) is 0 Å². The van der Waals surface area contributed by atoms with Crippen LogP contribution >= 0.6 is 23.1 Å². The smallest absolute Gasteiger partial charge is 0.321 e. The number of thiazole rings is 1. The Morgan fingerprint density at radius 3 is 3.07 bits per heavy atom. The summed E-state index contributed by atoms with van der Waals surface area (Å²) in [6.07, 6.45) is 1.82. The molecule has 6 heteroatoms. The quantitative estimate of drug-likeness (QED) is 0.800. The number of carboxylic acids is 1. The third-order valence-electron chi connectivity index (χ3n) is 1.94. The standard InChI is InChI=1S/C8H10N2O2S2/c1-4-2-9-6(14-4)7-10-5(3-13-7)8(11)12/h2,5,7,10H,3H2,1H3,(H,11,12). The average Bonchev–Trinajstić information content (AvgIpc) is 2.70. The first-order chi connectivity index (χ1) is 6.66. The van der Waals surface area contributed by atoms with Gasteiger partial charge in [0.25, 0.3) is 0 Å². The summed E-state index contributed by atoms with van der Waals surface area (Å²) in [5.74, 6) is -0.174. The minimum atomic E-state index is -0.784. The molecule has 2 heterocycles. The predicted molar refractivity (Wildman–Crippen MR) is 56.6 cm³/mol. The molecule has 1 aliphatic rings. The first-order valence-corrected chi connectivity index (χ1v) is 6.06. The van der Waals surface area contributed by atoms with Crippen LogP contribution in [0.2, 0.25) is 0 Å². The number of aromatic nitrogens is 1. The largest absolute Gasteiger partial charge is 0.480 e. The molecule has 1 aromatic heterocycles. The molecule has 0 spiro atoms. The van der Waals surface area contributed by atoms with E-state index in [0.717, 1.165) is 9.88 Å². The second-order valence-electron chi connectivity index (χ2n) is 3.08. The molecular weight excluding hydrogens is 220 g/mol. The van der Waals surface area contributed by atoms with E-state index in [1.54, 1.807) is 23.1 Å². The molecule has 4 nitrogen and oxygen atoms in total. The molecular formula is C8H10N2O2S2. The summed E-state index contributed by atoms with van der Waals surface area (Å²) in [5, 5.41) is 12.8. The van der Waals surface area contributed by atoms with E-state index in [1.165, 1.54) is 0 Å². The molecule has 1 aliphatic heterocycles. The normalized spacial score (nSPS) is 26.6. The van der Waals surface area contributed by atoms with Crippen molar-refractivity contribution in [2.45, 2.75) is 18.3 Å². The topological polar surface area (TPSA) is 62.2 Å². The summed E-state index contributed by atoms with van der Waals surface area (Å²) in [7, 11) is 0. The zero-order valence-electron chi connectivity index (χ0n) is 7.56. The highest BCUT2D eigenvalue weighted by Crippen LogP contribution is 2.34. The molecule has 2 unspecified atom stereocenters. The van der Waals surface area contributed by atoms with E-state index in [-0.39, 0.29) is 5.37 Å². The van der Waals surface area contributed by atoms with Crippen LogP contribution in [0.5, 0.6) is 0 Å². The molecule has 1 fully saturated rings. The molecule has 2 N–H and O–H groups in total. The molecule has 0 aromatic carbocycles. The molecule has 2 rings (SSSR count). The number of aliphatic carboxylic acids is 1. The summed E-state index contributed by atoms with van der Waals surface area (Å²) >= 11 is 3.21. The first kappa shape index (κ1) is 9.95. The fourth-order valence-electron chi connectivity index (χ4n) is 1.25. The maximum absolute atomic E-state index is 10.7. The third-order valence-corrected chi connectivity index (χ3v) is 4.29. The number of hydrogen-bond donors (Lipinski definition) is 2.